The van der Waals surface area contributed by atoms with Crippen LogP contribution >= 0.6 is 11.6 Å². The molecule has 7 nitrogen and oxygen atoms in total. The highest BCUT2D eigenvalue weighted by Gasteiger charge is 2.25. The summed E-state index contributed by atoms with van der Waals surface area (Å²) in [7, 11) is 0. The number of anilines is 1. The molecule has 0 aliphatic rings. The SMILES string of the molecule is CCN(C(=O)c1cc(Cl)ncc1[N+](=O)[O-])c1ccncc1. The van der Waals surface area contributed by atoms with Crippen LogP contribution in [0.15, 0.2) is 36.8 Å². The summed E-state index contributed by atoms with van der Waals surface area (Å²) < 4.78 is 0. The molecule has 0 saturated heterocycles. The van der Waals surface area contributed by atoms with E-state index in [1.807, 2.05) is 0 Å². The van der Waals surface area contributed by atoms with E-state index in [4.69, 9.17) is 11.6 Å². The normalized spacial score (nSPS) is 10.2. The van der Waals surface area contributed by atoms with Crippen molar-refractivity contribution in [3.8, 4) is 0 Å². The van der Waals surface area contributed by atoms with Gasteiger partial charge in [-0.15, -0.1) is 0 Å². The van der Waals surface area contributed by atoms with Crippen LogP contribution in [0.3, 0.4) is 0 Å². The Labute approximate surface area is 125 Å². The van der Waals surface area contributed by atoms with Crippen molar-refractivity contribution in [2.24, 2.45) is 0 Å². The second-order valence-electron chi connectivity index (χ2n) is 4.04. The summed E-state index contributed by atoms with van der Waals surface area (Å²) >= 11 is 5.75. The van der Waals surface area contributed by atoms with Crippen LogP contribution in [0.4, 0.5) is 11.4 Å². The first-order valence-corrected chi connectivity index (χ1v) is 6.44. The average Bonchev–Trinajstić information content (AvgIpc) is 2.48. The maximum absolute atomic E-state index is 12.6. The van der Waals surface area contributed by atoms with E-state index < -0.39 is 10.8 Å². The maximum Gasteiger partial charge on any atom is 0.300 e. The standard InChI is InChI=1S/C13H11ClN4O3/c1-2-17(9-3-5-15-6-4-9)13(19)10-7-12(14)16-8-11(10)18(20)21/h3-8H,2H2,1H3. The van der Waals surface area contributed by atoms with E-state index in [0.717, 1.165) is 6.20 Å². The second-order valence-corrected chi connectivity index (χ2v) is 4.42. The highest BCUT2D eigenvalue weighted by atomic mass is 35.5. The molecule has 0 N–H and O–H groups in total. The number of carbonyl (C=O) groups is 1. The van der Waals surface area contributed by atoms with Crippen LogP contribution in [0.5, 0.6) is 0 Å². The minimum Gasteiger partial charge on any atom is -0.308 e. The molecule has 108 valence electrons. The number of rotatable bonds is 4. The fourth-order valence-electron chi connectivity index (χ4n) is 1.85. The van der Waals surface area contributed by atoms with E-state index >= 15 is 0 Å². The Bertz CT molecular complexity index is 678. The lowest BCUT2D eigenvalue weighted by Gasteiger charge is -2.20. The molecule has 2 heterocycles. The third-order valence-corrected chi connectivity index (χ3v) is 3.02. The number of nitrogens with zero attached hydrogens (tertiary/aromatic N) is 4. The van der Waals surface area contributed by atoms with Crippen LogP contribution in [0, 0.1) is 10.1 Å². The minimum atomic E-state index is -0.656. The molecular weight excluding hydrogens is 296 g/mol. The van der Waals surface area contributed by atoms with E-state index in [-0.39, 0.29) is 16.4 Å². The molecule has 0 saturated carbocycles. The summed E-state index contributed by atoms with van der Waals surface area (Å²) in [5.41, 5.74) is 0.121. The van der Waals surface area contributed by atoms with Crippen molar-refractivity contribution >= 4 is 28.9 Å². The number of aromatic nitrogens is 2. The number of amides is 1. The zero-order chi connectivity index (χ0) is 15.4. The van der Waals surface area contributed by atoms with E-state index in [1.54, 1.807) is 31.5 Å². The molecule has 2 rings (SSSR count). The van der Waals surface area contributed by atoms with Gasteiger partial charge in [0, 0.05) is 24.6 Å². The largest absolute Gasteiger partial charge is 0.308 e. The topological polar surface area (TPSA) is 89.2 Å². The van der Waals surface area contributed by atoms with Crippen molar-refractivity contribution in [3.05, 3.63) is 57.6 Å². The zero-order valence-electron chi connectivity index (χ0n) is 11.1. The van der Waals surface area contributed by atoms with Gasteiger partial charge in [0.15, 0.2) is 0 Å². The number of nitro groups is 1. The molecule has 8 heteroatoms. The Morgan fingerprint density at radius 2 is 2.10 bits per heavy atom. The maximum atomic E-state index is 12.6. The zero-order valence-corrected chi connectivity index (χ0v) is 11.8. The van der Waals surface area contributed by atoms with Gasteiger partial charge in [0.1, 0.15) is 16.9 Å². The lowest BCUT2D eigenvalue weighted by molar-refractivity contribution is -0.385. The lowest BCUT2D eigenvalue weighted by Crippen LogP contribution is -2.31. The lowest BCUT2D eigenvalue weighted by atomic mass is 10.2. The Morgan fingerprint density at radius 1 is 1.43 bits per heavy atom. The van der Waals surface area contributed by atoms with Crippen LogP contribution in [0.2, 0.25) is 5.15 Å². The highest BCUT2D eigenvalue weighted by molar-refractivity contribution is 6.30. The fraction of sp³-hybridized carbons (Fsp3) is 0.154. The van der Waals surface area contributed by atoms with Crippen molar-refractivity contribution in [2.75, 3.05) is 11.4 Å². The first kappa shape index (κ1) is 14.9. The van der Waals surface area contributed by atoms with Crippen molar-refractivity contribution in [3.63, 3.8) is 0 Å². The van der Waals surface area contributed by atoms with Gasteiger partial charge in [-0.25, -0.2) is 4.98 Å². The minimum absolute atomic E-state index is 0.0229. The molecule has 0 bridgehead atoms. The van der Waals surface area contributed by atoms with E-state index in [9.17, 15) is 14.9 Å². The summed E-state index contributed by atoms with van der Waals surface area (Å²) in [6.07, 6.45) is 4.06. The van der Waals surface area contributed by atoms with E-state index in [1.165, 1.54) is 11.0 Å². The molecule has 0 radical (unpaired) electrons. The quantitative estimate of drug-likeness (QED) is 0.492. The summed E-state index contributed by atoms with van der Waals surface area (Å²) in [6, 6.07) is 4.50. The molecule has 2 aromatic heterocycles. The van der Waals surface area contributed by atoms with Gasteiger partial charge >= 0.3 is 0 Å². The van der Waals surface area contributed by atoms with Crippen LogP contribution in [-0.2, 0) is 0 Å². The molecule has 0 spiro atoms. The Kier molecular flexibility index (Phi) is 4.44. The van der Waals surface area contributed by atoms with Crippen LogP contribution in [0.1, 0.15) is 17.3 Å². The molecule has 1 amide bonds. The second kappa shape index (κ2) is 6.27. The fourth-order valence-corrected chi connectivity index (χ4v) is 2.01. The first-order chi connectivity index (χ1) is 10.0. The summed E-state index contributed by atoms with van der Waals surface area (Å²) in [5.74, 6) is -0.514. The third-order valence-electron chi connectivity index (χ3n) is 2.81. The summed E-state index contributed by atoms with van der Waals surface area (Å²) in [4.78, 5) is 31.9. The highest BCUT2D eigenvalue weighted by Crippen LogP contribution is 2.24. The summed E-state index contributed by atoms with van der Waals surface area (Å²) in [6.45, 7) is 2.12. The van der Waals surface area contributed by atoms with Crippen molar-refractivity contribution in [2.45, 2.75) is 6.92 Å². The molecule has 0 aromatic carbocycles. The number of halogens is 1. The Morgan fingerprint density at radius 3 is 2.67 bits per heavy atom. The molecule has 0 atom stereocenters. The van der Waals surface area contributed by atoms with Crippen molar-refractivity contribution in [1.29, 1.82) is 0 Å². The predicted molar refractivity (Wildman–Crippen MR) is 77.5 cm³/mol. The van der Waals surface area contributed by atoms with Gasteiger partial charge < -0.3 is 4.90 Å². The first-order valence-electron chi connectivity index (χ1n) is 6.06. The molecule has 0 unspecified atom stereocenters. The number of carbonyl (C=O) groups excluding carboxylic acids is 1. The van der Waals surface area contributed by atoms with Gasteiger partial charge in [-0.2, -0.15) is 0 Å². The molecule has 0 aliphatic heterocycles. The molecule has 21 heavy (non-hydrogen) atoms. The molecule has 2 aromatic rings. The molecular formula is C13H11ClN4O3. The van der Waals surface area contributed by atoms with Crippen molar-refractivity contribution < 1.29 is 9.72 Å². The van der Waals surface area contributed by atoms with Gasteiger partial charge in [-0.3, -0.25) is 19.9 Å². The van der Waals surface area contributed by atoms with Gasteiger partial charge in [0.2, 0.25) is 0 Å². The van der Waals surface area contributed by atoms with Gasteiger partial charge in [0.25, 0.3) is 11.6 Å². The van der Waals surface area contributed by atoms with Crippen LogP contribution < -0.4 is 4.90 Å². The van der Waals surface area contributed by atoms with Crippen LogP contribution in [-0.4, -0.2) is 27.3 Å². The van der Waals surface area contributed by atoms with Gasteiger partial charge in [-0.1, -0.05) is 11.6 Å². The van der Waals surface area contributed by atoms with Gasteiger partial charge in [-0.05, 0) is 25.1 Å². The predicted octanol–water partition coefficient (Wildman–Crippen LogP) is 2.70. The van der Waals surface area contributed by atoms with Gasteiger partial charge in [0.05, 0.1) is 4.92 Å². The van der Waals surface area contributed by atoms with Crippen LogP contribution in [0.25, 0.3) is 0 Å². The number of pyridine rings is 2. The Balaban J connectivity index is 2.48. The summed E-state index contributed by atoms with van der Waals surface area (Å²) in [5, 5.41) is 11.0. The monoisotopic (exact) mass is 306 g/mol. The number of hydrogen-bond acceptors (Lipinski definition) is 5. The van der Waals surface area contributed by atoms with E-state index in [2.05, 4.69) is 9.97 Å². The number of hydrogen-bond donors (Lipinski definition) is 0. The Hall–Kier alpha value is -2.54. The molecule has 0 aliphatic carbocycles. The van der Waals surface area contributed by atoms with Crippen molar-refractivity contribution in [1.82, 2.24) is 9.97 Å². The average molecular weight is 307 g/mol. The smallest absolute Gasteiger partial charge is 0.300 e. The molecule has 0 fully saturated rings. The third kappa shape index (κ3) is 3.14. The van der Waals surface area contributed by atoms with E-state index in [0.29, 0.717) is 12.2 Å².